The largest absolute Gasteiger partial charge is 0.169 e. The molecule has 0 saturated heterocycles. The van der Waals surface area contributed by atoms with Crippen LogP contribution < -0.4 is 5.46 Å². The van der Waals surface area contributed by atoms with Gasteiger partial charge in [-0.25, -0.2) is 0 Å². The summed E-state index contributed by atoms with van der Waals surface area (Å²) in [6.07, 6.45) is 0. The van der Waals surface area contributed by atoms with Crippen molar-refractivity contribution in [2.45, 2.75) is 13.6 Å². The standard InChI is InChI=1S/C8H10BCl/c1-9(2)7-4-3-5-8(10)6-7/h3-6H,1-2H3. The van der Waals surface area contributed by atoms with E-state index in [1.807, 2.05) is 18.2 Å². The predicted molar refractivity (Wildman–Crippen MR) is 48.6 cm³/mol. The lowest BCUT2D eigenvalue weighted by Crippen LogP contribution is -2.21. The molecule has 0 aliphatic carbocycles. The summed E-state index contributed by atoms with van der Waals surface area (Å²) in [4.78, 5) is 0. The van der Waals surface area contributed by atoms with E-state index in [4.69, 9.17) is 11.6 Å². The monoisotopic (exact) mass is 152 g/mol. The van der Waals surface area contributed by atoms with Crippen molar-refractivity contribution in [1.82, 2.24) is 0 Å². The molecular formula is C8H10BCl. The molecule has 0 bridgehead atoms. The molecule has 10 heavy (non-hydrogen) atoms. The SMILES string of the molecule is CB(C)c1cccc(Cl)c1. The summed E-state index contributed by atoms with van der Waals surface area (Å²) < 4.78 is 0. The number of halogens is 1. The van der Waals surface area contributed by atoms with Crippen LogP contribution in [0.4, 0.5) is 0 Å². The molecule has 0 amide bonds. The number of hydrogen-bond acceptors (Lipinski definition) is 0. The first-order valence-electron chi connectivity index (χ1n) is 3.45. The second-order valence-electron chi connectivity index (χ2n) is 2.71. The second kappa shape index (κ2) is 3.11. The molecule has 0 aromatic heterocycles. The van der Waals surface area contributed by atoms with Gasteiger partial charge < -0.3 is 0 Å². The second-order valence-corrected chi connectivity index (χ2v) is 3.15. The van der Waals surface area contributed by atoms with Crippen LogP contribution in [0.5, 0.6) is 0 Å². The third kappa shape index (κ3) is 1.78. The maximum Gasteiger partial charge on any atom is 0.169 e. The van der Waals surface area contributed by atoms with Crippen molar-refractivity contribution in [3.8, 4) is 0 Å². The van der Waals surface area contributed by atoms with Gasteiger partial charge in [-0.05, 0) is 12.1 Å². The van der Waals surface area contributed by atoms with Crippen LogP contribution in [-0.4, -0.2) is 6.71 Å². The van der Waals surface area contributed by atoms with Crippen LogP contribution in [0.2, 0.25) is 18.7 Å². The molecule has 0 fully saturated rings. The highest BCUT2D eigenvalue weighted by atomic mass is 35.5. The van der Waals surface area contributed by atoms with Crippen LogP contribution >= 0.6 is 11.6 Å². The zero-order chi connectivity index (χ0) is 7.56. The van der Waals surface area contributed by atoms with E-state index in [0.29, 0.717) is 6.71 Å². The molecule has 0 aliphatic heterocycles. The predicted octanol–water partition coefficient (Wildman–Crippen LogP) is 2.30. The fourth-order valence-electron chi connectivity index (χ4n) is 0.866. The Morgan fingerprint density at radius 3 is 2.40 bits per heavy atom. The van der Waals surface area contributed by atoms with Crippen LogP contribution in [0.25, 0.3) is 0 Å². The van der Waals surface area contributed by atoms with E-state index in [9.17, 15) is 0 Å². The Labute approximate surface area is 67.3 Å². The van der Waals surface area contributed by atoms with E-state index < -0.39 is 0 Å². The topological polar surface area (TPSA) is 0 Å². The lowest BCUT2D eigenvalue weighted by atomic mass is 9.49. The zero-order valence-corrected chi connectivity index (χ0v) is 7.02. The van der Waals surface area contributed by atoms with Gasteiger partial charge in [-0.1, -0.05) is 42.8 Å². The van der Waals surface area contributed by atoms with E-state index in [2.05, 4.69) is 19.7 Å². The van der Waals surface area contributed by atoms with Gasteiger partial charge in [0.05, 0.1) is 0 Å². The Kier molecular flexibility index (Phi) is 2.39. The van der Waals surface area contributed by atoms with Crippen molar-refractivity contribution in [3.63, 3.8) is 0 Å². The average Bonchev–Trinajstić information content (AvgIpc) is 1.88. The van der Waals surface area contributed by atoms with Crippen molar-refractivity contribution < 1.29 is 0 Å². The first-order chi connectivity index (χ1) is 4.70. The number of benzene rings is 1. The third-order valence-corrected chi connectivity index (χ3v) is 1.75. The minimum absolute atomic E-state index is 0.568. The molecule has 1 rings (SSSR count). The average molecular weight is 152 g/mol. The van der Waals surface area contributed by atoms with Gasteiger partial charge in [0.15, 0.2) is 6.71 Å². The van der Waals surface area contributed by atoms with Crippen molar-refractivity contribution in [2.75, 3.05) is 0 Å². The molecule has 0 heterocycles. The highest BCUT2D eigenvalue weighted by Gasteiger charge is 2.01. The first-order valence-corrected chi connectivity index (χ1v) is 3.83. The molecule has 1 aromatic carbocycles. The van der Waals surface area contributed by atoms with Gasteiger partial charge in [0, 0.05) is 5.02 Å². The summed E-state index contributed by atoms with van der Waals surface area (Å²) in [6.45, 7) is 4.89. The molecule has 0 nitrogen and oxygen atoms in total. The quantitative estimate of drug-likeness (QED) is 0.542. The molecule has 0 spiro atoms. The summed E-state index contributed by atoms with van der Waals surface area (Å²) >= 11 is 5.79. The van der Waals surface area contributed by atoms with Crippen LogP contribution in [-0.2, 0) is 0 Å². The maximum atomic E-state index is 5.79. The van der Waals surface area contributed by atoms with Crippen LogP contribution in [0, 0.1) is 0 Å². The van der Waals surface area contributed by atoms with Gasteiger partial charge >= 0.3 is 0 Å². The minimum Gasteiger partial charge on any atom is -0.0844 e. The van der Waals surface area contributed by atoms with Crippen LogP contribution in [0.1, 0.15) is 0 Å². The fourth-order valence-corrected chi connectivity index (χ4v) is 1.06. The van der Waals surface area contributed by atoms with E-state index in [1.165, 1.54) is 5.46 Å². The maximum absolute atomic E-state index is 5.79. The normalized spacial score (nSPS) is 9.50. The van der Waals surface area contributed by atoms with Gasteiger partial charge in [-0.2, -0.15) is 0 Å². The molecular weight excluding hydrogens is 142 g/mol. The summed E-state index contributed by atoms with van der Waals surface area (Å²) in [5.74, 6) is 0. The molecule has 2 heteroatoms. The van der Waals surface area contributed by atoms with E-state index in [-0.39, 0.29) is 0 Å². The van der Waals surface area contributed by atoms with Crippen molar-refractivity contribution in [3.05, 3.63) is 29.3 Å². The van der Waals surface area contributed by atoms with E-state index >= 15 is 0 Å². The summed E-state index contributed by atoms with van der Waals surface area (Å²) in [5, 5.41) is 0.825. The molecule has 52 valence electrons. The third-order valence-electron chi connectivity index (χ3n) is 1.52. The highest BCUT2D eigenvalue weighted by Crippen LogP contribution is 2.04. The summed E-state index contributed by atoms with van der Waals surface area (Å²) in [6, 6.07) is 7.98. The van der Waals surface area contributed by atoms with E-state index in [0.717, 1.165) is 5.02 Å². The van der Waals surface area contributed by atoms with Gasteiger partial charge in [-0.15, -0.1) is 0 Å². The van der Waals surface area contributed by atoms with Gasteiger partial charge in [0.1, 0.15) is 0 Å². The van der Waals surface area contributed by atoms with Crippen molar-refractivity contribution in [1.29, 1.82) is 0 Å². The zero-order valence-electron chi connectivity index (χ0n) is 6.26. The minimum atomic E-state index is 0.568. The first kappa shape index (κ1) is 7.68. The Balaban J connectivity index is 2.96. The summed E-state index contributed by atoms with van der Waals surface area (Å²) in [5.41, 5.74) is 1.30. The smallest absolute Gasteiger partial charge is 0.0844 e. The molecule has 0 unspecified atom stereocenters. The molecule has 0 N–H and O–H groups in total. The molecule has 0 saturated carbocycles. The van der Waals surface area contributed by atoms with Gasteiger partial charge in [0.2, 0.25) is 0 Å². The van der Waals surface area contributed by atoms with Gasteiger partial charge in [-0.3, -0.25) is 0 Å². The van der Waals surface area contributed by atoms with Crippen LogP contribution in [0.15, 0.2) is 24.3 Å². The Morgan fingerprint density at radius 1 is 1.30 bits per heavy atom. The highest BCUT2D eigenvalue weighted by molar-refractivity contribution is 6.70. The van der Waals surface area contributed by atoms with Crippen molar-refractivity contribution in [2.24, 2.45) is 0 Å². The fraction of sp³-hybridized carbons (Fsp3) is 0.250. The molecule has 0 aliphatic rings. The van der Waals surface area contributed by atoms with Crippen molar-refractivity contribution >= 4 is 23.8 Å². The summed E-state index contributed by atoms with van der Waals surface area (Å²) in [7, 11) is 0. The Bertz CT molecular complexity index is 220. The van der Waals surface area contributed by atoms with Gasteiger partial charge in [0.25, 0.3) is 0 Å². The molecule has 0 atom stereocenters. The molecule has 1 aromatic rings. The van der Waals surface area contributed by atoms with E-state index in [1.54, 1.807) is 0 Å². The Hall–Kier alpha value is -0.425. The molecule has 0 radical (unpaired) electrons. The Morgan fingerprint density at radius 2 is 2.00 bits per heavy atom. The number of rotatable bonds is 1. The van der Waals surface area contributed by atoms with Crippen LogP contribution in [0.3, 0.4) is 0 Å². The lowest BCUT2D eigenvalue weighted by molar-refractivity contribution is 1.74. The number of hydrogen-bond donors (Lipinski definition) is 0. The lowest BCUT2D eigenvalue weighted by Gasteiger charge is -2.00.